The molecule has 6 heteroatoms. The molecule has 1 heterocycles. The van der Waals surface area contributed by atoms with E-state index in [0.29, 0.717) is 13.2 Å². The smallest absolute Gasteiger partial charge is 0.225 e. The van der Waals surface area contributed by atoms with Crippen LogP contribution in [-0.4, -0.2) is 24.7 Å². The Bertz CT molecular complexity index is 592. The second kappa shape index (κ2) is 7.62. The number of hydrogen-bond acceptors (Lipinski definition) is 4. The van der Waals surface area contributed by atoms with Crippen LogP contribution in [0.1, 0.15) is 51.1 Å². The molecule has 0 bridgehead atoms. The van der Waals surface area contributed by atoms with E-state index < -0.39 is 5.54 Å². The highest BCUT2D eigenvalue weighted by Gasteiger charge is 2.38. The summed E-state index contributed by atoms with van der Waals surface area (Å²) in [5, 5.41) is 3.11. The molecule has 5 nitrogen and oxygen atoms in total. The number of nitrogens with two attached hydrogens (primary N) is 1. The summed E-state index contributed by atoms with van der Waals surface area (Å²) in [5.74, 6) is 1.45. The van der Waals surface area contributed by atoms with Crippen LogP contribution in [0, 0.1) is 5.92 Å². The maximum atomic E-state index is 12.6. The minimum Gasteiger partial charge on any atom is -0.486 e. The molecule has 3 rings (SSSR count). The van der Waals surface area contributed by atoms with Gasteiger partial charge in [0.15, 0.2) is 11.5 Å². The normalized spacial score (nSPS) is 26.9. The van der Waals surface area contributed by atoms with Crippen molar-refractivity contribution in [2.45, 2.75) is 51.1 Å². The number of hydrogen-bond donors (Lipinski definition) is 2. The molecule has 3 N–H and O–H groups in total. The Kier molecular flexibility index (Phi) is 5.99. The van der Waals surface area contributed by atoms with E-state index in [1.807, 2.05) is 32.0 Å². The summed E-state index contributed by atoms with van der Waals surface area (Å²) in [6, 6.07) is 5.74. The van der Waals surface area contributed by atoms with Crippen LogP contribution in [0.2, 0.25) is 0 Å². The number of nitrogens with one attached hydrogen (secondary N) is 1. The van der Waals surface area contributed by atoms with Crippen LogP contribution in [0.5, 0.6) is 11.5 Å². The van der Waals surface area contributed by atoms with Crippen LogP contribution in [-0.2, 0) is 4.79 Å². The summed E-state index contributed by atoms with van der Waals surface area (Å²) in [7, 11) is 0. The third-order valence-corrected chi connectivity index (χ3v) is 5.00. The molecule has 0 aromatic heterocycles. The highest BCUT2D eigenvalue weighted by molar-refractivity contribution is 5.85. The number of carbonyl (C=O) groups is 1. The minimum atomic E-state index is -0.408. The van der Waals surface area contributed by atoms with Crippen LogP contribution >= 0.6 is 12.4 Å². The van der Waals surface area contributed by atoms with Crippen molar-refractivity contribution in [3.63, 3.8) is 0 Å². The zero-order valence-corrected chi connectivity index (χ0v) is 15.2. The van der Waals surface area contributed by atoms with Gasteiger partial charge in [0.05, 0.1) is 12.0 Å². The van der Waals surface area contributed by atoms with Crippen molar-refractivity contribution in [1.29, 1.82) is 0 Å². The molecule has 1 aromatic rings. The average molecular weight is 355 g/mol. The highest BCUT2D eigenvalue weighted by Crippen LogP contribution is 2.34. The van der Waals surface area contributed by atoms with Gasteiger partial charge in [0, 0.05) is 5.54 Å². The SMILES string of the molecule is CC(NC(=O)C1CCCCC1(C)N)c1ccc2c(c1)OCCO2.Cl. The first-order chi connectivity index (χ1) is 11.0. The van der Waals surface area contributed by atoms with Gasteiger partial charge in [0.1, 0.15) is 13.2 Å². The molecule has 3 unspecified atom stereocenters. The van der Waals surface area contributed by atoms with Crippen LogP contribution in [0.3, 0.4) is 0 Å². The Morgan fingerprint density at radius 3 is 2.71 bits per heavy atom. The fourth-order valence-corrected chi connectivity index (χ4v) is 3.52. The molecule has 0 spiro atoms. The van der Waals surface area contributed by atoms with Gasteiger partial charge in [-0.25, -0.2) is 0 Å². The topological polar surface area (TPSA) is 73.6 Å². The standard InChI is InChI=1S/C18H26N2O3.ClH/c1-12(13-6-7-15-16(11-13)23-10-9-22-15)20-17(21)14-5-3-4-8-18(14,2)19;/h6-7,11-12,14H,3-5,8-10,19H2,1-2H3,(H,20,21);1H. The van der Waals surface area contributed by atoms with E-state index in [2.05, 4.69) is 5.32 Å². The lowest BCUT2D eigenvalue weighted by Crippen LogP contribution is -2.53. The number of rotatable bonds is 3. The molecule has 3 atom stereocenters. The van der Waals surface area contributed by atoms with E-state index >= 15 is 0 Å². The largest absolute Gasteiger partial charge is 0.486 e. The van der Waals surface area contributed by atoms with E-state index in [0.717, 1.165) is 42.7 Å². The van der Waals surface area contributed by atoms with Crippen molar-refractivity contribution in [3.8, 4) is 11.5 Å². The number of fused-ring (bicyclic) bond motifs is 1. The first-order valence-electron chi connectivity index (χ1n) is 8.46. The Hall–Kier alpha value is -1.46. The fraction of sp³-hybridized carbons (Fsp3) is 0.611. The van der Waals surface area contributed by atoms with Crippen molar-refractivity contribution in [3.05, 3.63) is 23.8 Å². The van der Waals surface area contributed by atoms with E-state index in [1.165, 1.54) is 0 Å². The number of ether oxygens (including phenoxy) is 2. The van der Waals surface area contributed by atoms with Crippen LogP contribution in [0.4, 0.5) is 0 Å². The van der Waals surface area contributed by atoms with E-state index in [9.17, 15) is 4.79 Å². The van der Waals surface area contributed by atoms with Crippen molar-refractivity contribution in [1.82, 2.24) is 5.32 Å². The minimum absolute atomic E-state index is 0. The molecule has 24 heavy (non-hydrogen) atoms. The van der Waals surface area contributed by atoms with Crippen LogP contribution in [0.15, 0.2) is 18.2 Å². The zero-order chi connectivity index (χ0) is 16.4. The van der Waals surface area contributed by atoms with Gasteiger partial charge >= 0.3 is 0 Å². The molecular weight excluding hydrogens is 328 g/mol. The van der Waals surface area contributed by atoms with Crippen LogP contribution < -0.4 is 20.5 Å². The summed E-state index contributed by atoms with van der Waals surface area (Å²) in [5.41, 5.74) is 6.93. The van der Waals surface area contributed by atoms with Gasteiger partial charge in [-0.2, -0.15) is 0 Å². The summed E-state index contributed by atoms with van der Waals surface area (Å²) >= 11 is 0. The van der Waals surface area contributed by atoms with Gasteiger partial charge in [-0.05, 0) is 44.4 Å². The molecule has 0 radical (unpaired) electrons. The van der Waals surface area contributed by atoms with Crippen molar-refractivity contribution in [2.75, 3.05) is 13.2 Å². The van der Waals surface area contributed by atoms with Crippen molar-refractivity contribution >= 4 is 18.3 Å². The summed E-state index contributed by atoms with van der Waals surface area (Å²) in [6.45, 7) is 5.12. The van der Waals surface area contributed by atoms with Gasteiger partial charge < -0.3 is 20.5 Å². The molecule has 1 fully saturated rings. The Morgan fingerprint density at radius 2 is 2.00 bits per heavy atom. The lowest BCUT2D eigenvalue weighted by Gasteiger charge is -2.37. The summed E-state index contributed by atoms with van der Waals surface area (Å²) in [4.78, 5) is 12.6. The fourth-order valence-electron chi connectivity index (χ4n) is 3.52. The van der Waals surface area contributed by atoms with Gasteiger partial charge in [-0.1, -0.05) is 18.9 Å². The van der Waals surface area contributed by atoms with Crippen LogP contribution in [0.25, 0.3) is 0 Å². The molecule has 0 saturated heterocycles. The maximum absolute atomic E-state index is 12.6. The van der Waals surface area contributed by atoms with Crippen molar-refractivity contribution < 1.29 is 14.3 Å². The zero-order valence-electron chi connectivity index (χ0n) is 14.3. The predicted molar refractivity (Wildman–Crippen MR) is 95.8 cm³/mol. The van der Waals surface area contributed by atoms with Gasteiger partial charge in [-0.15, -0.1) is 12.4 Å². The molecule has 1 saturated carbocycles. The van der Waals surface area contributed by atoms with Gasteiger partial charge in [0.25, 0.3) is 0 Å². The monoisotopic (exact) mass is 354 g/mol. The third-order valence-electron chi connectivity index (χ3n) is 5.00. The lowest BCUT2D eigenvalue weighted by molar-refractivity contribution is -0.128. The first-order valence-corrected chi connectivity index (χ1v) is 8.46. The Morgan fingerprint density at radius 1 is 1.29 bits per heavy atom. The molecule has 2 aliphatic rings. The Balaban J connectivity index is 0.00000208. The van der Waals surface area contributed by atoms with E-state index in [-0.39, 0.29) is 30.3 Å². The quantitative estimate of drug-likeness (QED) is 0.875. The molecular formula is C18H27ClN2O3. The summed E-state index contributed by atoms with van der Waals surface area (Å²) in [6.07, 6.45) is 3.95. The number of carbonyl (C=O) groups excluding carboxylic acids is 1. The predicted octanol–water partition coefficient (Wildman–Crippen LogP) is 2.96. The van der Waals surface area contributed by atoms with Crippen molar-refractivity contribution in [2.24, 2.45) is 11.7 Å². The number of amides is 1. The van der Waals surface area contributed by atoms with E-state index in [4.69, 9.17) is 15.2 Å². The molecule has 134 valence electrons. The second-order valence-corrected chi connectivity index (χ2v) is 6.94. The maximum Gasteiger partial charge on any atom is 0.225 e. The molecule has 1 aliphatic carbocycles. The Labute approximate surface area is 149 Å². The molecule has 1 aliphatic heterocycles. The van der Waals surface area contributed by atoms with Gasteiger partial charge in [-0.3, -0.25) is 4.79 Å². The number of halogens is 1. The average Bonchev–Trinajstić information content (AvgIpc) is 2.53. The van der Waals surface area contributed by atoms with E-state index in [1.54, 1.807) is 0 Å². The summed E-state index contributed by atoms with van der Waals surface area (Å²) < 4.78 is 11.1. The third kappa shape index (κ3) is 3.95. The highest BCUT2D eigenvalue weighted by atomic mass is 35.5. The second-order valence-electron chi connectivity index (χ2n) is 6.94. The lowest BCUT2D eigenvalue weighted by atomic mass is 9.74. The first kappa shape index (κ1) is 18.9. The molecule has 1 aromatic carbocycles. The molecule has 1 amide bonds. The number of benzene rings is 1. The van der Waals surface area contributed by atoms with Gasteiger partial charge in [0.2, 0.25) is 5.91 Å².